The zero-order valence-electron chi connectivity index (χ0n) is 9.62. The lowest BCUT2D eigenvalue weighted by molar-refractivity contribution is 0.931. The van der Waals surface area contributed by atoms with Crippen molar-refractivity contribution in [2.75, 3.05) is 5.08 Å². The third kappa shape index (κ3) is 3.98. The molecule has 2 aromatic rings. The quantitative estimate of drug-likeness (QED) is 0.481. The highest BCUT2D eigenvalue weighted by atomic mass is 32.2. The van der Waals surface area contributed by atoms with Gasteiger partial charge in [0, 0.05) is 23.8 Å². The van der Waals surface area contributed by atoms with Crippen LogP contribution < -0.4 is 0 Å². The average molecular weight is 264 g/mol. The molecule has 0 aromatic carbocycles. The van der Waals surface area contributed by atoms with Gasteiger partial charge in [0.2, 0.25) is 0 Å². The van der Waals surface area contributed by atoms with Gasteiger partial charge in [-0.05, 0) is 26.0 Å². The van der Waals surface area contributed by atoms with Crippen molar-refractivity contribution in [3.05, 3.63) is 35.9 Å². The van der Waals surface area contributed by atoms with Crippen molar-refractivity contribution in [2.45, 2.75) is 24.2 Å². The van der Waals surface area contributed by atoms with E-state index in [2.05, 4.69) is 19.9 Å². The Labute approximate surface area is 109 Å². The summed E-state index contributed by atoms with van der Waals surface area (Å²) in [4.78, 5) is 17.0. The molecule has 0 saturated heterocycles. The van der Waals surface area contributed by atoms with E-state index in [9.17, 15) is 0 Å². The molecular weight excluding hydrogens is 252 g/mol. The SMILES string of the molecule is Cc1ccnc(SCSc2nccc(C)n2)n1. The van der Waals surface area contributed by atoms with Crippen molar-refractivity contribution < 1.29 is 0 Å². The van der Waals surface area contributed by atoms with E-state index in [0.717, 1.165) is 26.8 Å². The highest BCUT2D eigenvalue weighted by Crippen LogP contribution is 2.22. The maximum atomic E-state index is 4.32. The summed E-state index contributed by atoms with van der Waals surface area (Å²) in [5.74, 6) is 0. The van der Waals surface area contributed by atoms with Gasteiger partial charge in [0.1, 0.15) is 0 Å². The summed E-state index contributed by atoms with van der Waals surface area (Å²) < 4.78 is 0. The van der Waals surface area contributed by atoms with Crippen LogP contribution in [0.1, 0.15) is 11.4 Å². The van der Waals surface area contributed by atoms with E-state index in [4.69, 9.17) is 0 Å². The van der Waals surface area contributed by atoms with E-state index in [-0.39, 0.29) is 0 Å². The average Bonchev–Trinajstić information content (AvgIpc) is 2.29. The van der Waals surface area contributed by atoms with Gasteiger partial charge in [-0.25, -0.2) is 19.9 Å². The molecule has 0 N–H and O–H groups in total. The zero-order valence-corrected chi connectivity index (χ0v) is 11.3. The van der Waals surface area contributed by atoms with Crippen molar-refractivity contribution in [1.29, 1.82) is 0 Å². The van der Waals surface area contributed by atoms with Gasteiger partial charge in [0.05, 0.1) is 5.08 Å². The molecule has 6 heteroatoms. The molecule has 0 aliphatic heterocycles. The van der Waals surface area contributed by atoms with Crippen LogP contribution in [0.4, 0.5) is 0 Å². The lowest BCUT2D eigenvalue weighted by atomic mass is 10.5. The van der Waals surface area contributed by atoms with Crippen LogP contribution in [-0.2, 0) is 0 Å². The molecule has 0 saturated carbocycles. The van der Waals surface area contributed by atoms with E-state index in [1.165, 1.54) is 0 Å². The minimum absolute atomic E-state index is 0.796. The molecule has 0 fully saturated rings. The number of hydrogen-bond donors (Lipinski definition) is 0. The minimum atomic E-state index is 0.796. The Hall–Kier alpha value is -1.14. The first kappa shape index (κ1) is 12.3. The molecule has 88 valence electrons. The van der Waals surface area contributed by atoms with Gasteiger partial charge >= 0.3 is 0 Å². The number of hydrogen-bond acceptors (Lipinski definition) is 6. The molecule has 17 heavy (non-hydrogen) atoms. The van der Waals surface area contributed by atoms with Crippen LogP contribution in [0.3, 0.4) is 0 Å². The van der Waals surface area contributed by atoms with E-state index >= 15 is 0 Å². The second-order valence-corrected chi connectivity index (χ2v) is 5.62. The summed E-state index contributed by atoms with van der Waals surface area (Å²) in [5, 5.41) is 2.41. The predicted molar refractivity (Wildman–Crippen MR) is 70.1 cm³/mol. The van der Waals surface area contributed by atoms with E-state index in [1.807, 2.05) is 26.0 Å². The van der Waals surface area contributed by atoms with E-state index < -0.39 is 0 Å². The van der Waals surface area contributed by atoms with Crippen molar-refractivity contribution in [3.63, 3.8) is 0 Å². The molecule has 0 atom stereocenters. The van der Waals surface area contributed by atoms with Crippen LogP contribution in [0.25, 0.3) is 0 Å². The third-order valence-electron chi connectivity index (χ3n) is 1.92. The first-order valence-electron chi connectivity index (χ1n) is 5.09. The van der Waals surface area contributed by atoms with Gasteiger partial charge < -0.3 is 0 Å². The molecule has 0 aliphatic rings. The number of aryl methyl sites for hydroxylation is 2. The van der Waals surface area contributed by atoms with Crippen LogP contribution in [0.2, 0.25) is 0 Å². The fourth-order valence-electron chi connectivity index (χ4n) is 1.13. The summed E-state index contributed by atoms with van der Waals surface area (Å²) >= 11 is 3.19. The Morgan fingerprint density at radius 1 is 0.882 bits per heavy atom. The largest absolute Gasteiger partial charge is 0.231 e. The first-order chi connectivity index (χ1) is 8.24. The van der Waals surface area contributed by atoms with Gasteiger partial charge in [-0.1, -0.05) is 23.5 Å². The van der Waals surface area contributed by atoms with Crippen molar-refractivity contribution in [2.24, 2.45) is 0 Å². The second-order valence-electron chi connectivity index (χ2n) is 3.37. The monoisotopic (exact) mass is 264 g/mol. The third-order valence-corrected chi connectivity index (χ3v) is 3.77. The molecule has 0 amide bonds. The molecule has 0 radical (unpaired) electrons. The molecule has 0 aliphatic carbocycles. The fourth-order valence-corrected chi connectivity index (χ4v) is 2.89. The van der Waals surface area contributed by atoms with E-state index in [1.54, 1.807) is 35.9 Å². The van der Waals surface area contributed by atoms with Crippen LogP contribution in [0, 0.1) is 13.8 Å². The Morgan fingerprint density at radius 3 is 1.76 bits per heavy atom. The summed E-state index contributed by atoms with van der Waals surface area (Å²) in [6.45, 7) is 3.92. The molecule has 2 rings (SSSR count). The summed E-state index contributed by atoms with van der Waals surface area (Å²) in [5.41, 5.74) is 1.97. The fraction of sp³-hybridized carbons (Fsp3) is 0.273. The molecule has 4 nitrogen and oxygen atoms in total. The van der Waals surface area contributed by atoms with Crippen molar-refractivity contribution in [3.8, 4) is 0 Å². The van der Waals surface area contributed by atoms with Gasteiger partial charge in [-0.2, -0.15) is 0 Å². The topological polar surface area (TPSA) is 51.6 Å². The highest BCUT2D eigenvalue weighted by molar-refractivity contribution is 8.15. The minimum Gasteiger partial charge on any atom is -0.231 e. The second kappa shape index (κ2) is 5.97. The smallest absolute Gasteiger partial charge is 0.188 e. The number of aromatic nitrogens is 4. The first-order valence-corrected chi connectivity index (χ1v) is 7.06. The van der Waals surface area contributed by atoms with E-state index in [0.29, 0.717) is 0 Å². The summed E-state index contributed by atoms with van der Waals surface area (Å²) in [6.07, 6.45) is 3.55. The maximum absolute atomic E-state index is 4.32. The number of thioether (sulfide) groups is 2. The molecule has 0 bridgehead atoms. The van der Waals surface area contributed by atoms with Crippen molar-refractivity contribution in [1.82, 2.24) is 19.9 Å². The Bertz CT molecular complexity index is 459. The standard InChI is InChI=1S/C11H12N4S2/c1-8-3-5-12-10(14-8)16-7-17-11-13-6-4-9(2)15-11/h3-6H,7H2,1-2H3. The lowest BCUT2D eigenvalue weighted by Crippen LogP contribution is -1.90. The molecule has 2 aromatic heterocycles. The number of nitrogens with zero attached hydrogens (tertiary/aromatic N) is 4. The van der Waals surface area contributed by atoms with Gasteiger partial charge in [0.25, 0.3) is 0 Å². The van der Waals surface area contributed by atoms with Gasteiger partial charge in [-0.15, -0.1) is 0 Å². The van der Waals surface area contributed by atoms with Gasteiger partial charge in [-0.3, -0.25) is 0 Å². The molecule has 0 unspecified atom stereocenters. The maximum Gasteiger partial charge on any atom is 0.188 e. The Kier molecular flexibility index (Phi) is 4.33. The molecule has 2 heterocycles. The number of rotatable bonds is 4. The van der Waals surface area contributed by atoms with Crippen LogP contribution in [-0.4, -0.2) is 25.0 Å². The van der Waals surface area contributed by atoms with Crippen LogP contribution in [0.15, 0.2) is 34.8 Å². The zero-order chi connectivity index (χ0) is 12.1. The lowest BCUT2D eigenvalue weighted by Gasteiger charge is -2.00. The van der Waals surface area contributed by atoms with Crippen molar-refractivity contribution >= 4 is 23.5 Å². The molecule has 0 spiro atoms. The normalized spacial score (nSPS) is 10.5. The Balaban J connectivity index is 1.87. The Morgan fingerprint density at radius 2 is 1.35 bits per heavy atom. The molecular formula is C11H12N4S2. The highest BCUT2D eigenvalue weighted by Gasteiger charge is 2.01. The van der Waals surface area contributed by atoms with Crippen LogP contribution in [0.5, 0.6) is 0 Å². The summed E-state index contributed by atoms with van der Waals surface area (Å²) in [6, 6.07) is 3.78. The van der Waals surface area contributed by atoms with Crippen LogP contribution >= 0.6 is 23.5 Å². The van der Waals surface area contributed by atoms with Gasteiger partial charge in [0.15, 0.2) is 10.3 Å². The summed E-state index contributed by atoms with van der Waals surface area (Å²) in [7, 11) is 0. The predicted octanol–water partition coefficient (Wildman–Crippen LogP) is 2.73.